The molecule has 0 aliphatic heterocycles. The Labute approximate surface area is 213 Å². The highest BCUT2D eigenvalue weighted by atomic mass is 16.6. The quantitative estimate of drug-likeness (QED) is 0.437. The van der Waals surface area contributed by atoms with Crippen LogP contribution in [0.25, 0.3) is 0 Å². The van der Waals surface area contributed by atoms with E-state index in [2.05, 4.69) is 17.2 Å². The van der Waals surface area contributed by atoms with Crippen molar-refractivity contribution in [2.24, 2.45) is 0 Å². The number of benzene rings is 2. The molecule has 0 saturated heterocycles. The van der Waals surface area contributed by atoms with Crippen molar-refractivity contribution in [3.63, 3.8) is 0 Å². The number of aliphatic hydroxyl groups excluding tert-OH is 1. The Morgan fingerprint density at radius 3 is 2.22 bits per heavy atom. The number of ether oxygens (including phenoxy) is 1. The number of aryl methyl sites for hydroxylation is 2. The number of amides is 3. The highest BCUT2D eigenvalue weighted by Gasteiger charge is 2.35. The molecule has 2 aromatic carbocycles. The van der Waals surface area contributed by atoms with Crippen LogP contribution in [0.2, 0.25) is 0 Å². The van der Waals surface area contributed by atoms with Crippen LogP contribution in [0, 0.1) is 13.8 Å². The Kier molecular flexibility index (Phi) is 10.2. The number of carbonyl (C=O) groups excluding carboxylic acids is 3. The number of nitrogens with zero attached hydrogens (tertiary/aromatic N) is 1. The molecule has 0 radical (unpaired) electrons. The molecule has 0 heterocycles. The van der Waals surface area contributed by atoms with Gasteiger partial charge in [0.15, 0.2) is 0 Å². The van der Waals surface area contributed by atoms with Crippen molar-refractivity contribution < 1.29 is 24.2 Å². The molecule has 2 atom stereocenters. The van der Waals surface area contributed by atoms with Crippen LogP contribution < -0.4 is 10.6 Å². The minimum Gasteiger partial charge on any atom is -0.444 e. The topological polar surface area (TPSA) is 108 Å². The van der Waals surface area contributed by atoms with Crippen LogP contribution in [0.1, 0.15) is 49.1 Å². The van der Waals surface area contributed by atoms with Crippen LogP contribution in [0.15, 0.2) is 61.2 Å². The minimum absolute atomic E-state index is 0.0156. The van der Waals surface area contributed by atoms with E-state index in [1.54, 1.807) is 20.8 Å². The Hall–Kier alpha value is -3.65. The largest absolute Gasteiger partial charge is 0.444 e. The molecule has 2 unspecified atom stereocenters. The molecule has 2 aromatic rings. The molecule has 0 aliphatic carbocycles. The third-order valence-electron chi connectivity index (χ3n) is 5.21. The summed E-state index contributed by atoms with van der Waals surface area (Å²) < 4.78 is 5.24. The van der Waals surface area contributed by atoms with Crippen molar-refractivity contribution in [3.8, 4) is 0 Å². The summed E-state index contributed by atoms with van der Waals surface area (Å²) >= 11 is 0. The number of hydrogen-bond acceptors (Lipinski definition) is 5. The van der Waals surface area contributed by atoms with Gasteiger partial charge in [-0.25, -0.2) is 4.79 Å². The molecule has 0 saturated carbocycles. The molecule has 36 heavy (non-hydrogen) atoms. The predicted molar refractivity (Wildman–Crippen MR) is 139 cm³/mol. The summed E-state index contributed by atoms with van der Waals surface area (Å²) in [4.78, 5) is 40.8. The van der Waals surface area contributed by atoms with Crippen LogP contribution in [0.5, 0.6) is 0 Å². The molecule has 2 rings (SSSR count). The highest BCUT2D eigenvalue weighted by Crippen LogP contribution is 2.25. The molecule has 0 spiro atoms. The van der Waals surface area contributed by atoms with Crippen molar-refractivity contribution >= 4 is 17.9 Å². The predicted octanol–water partition coefficient (Wildman–Crippen LogP) is 3.56. The van der Waals surface area contributed by atoms with Gasteiger partial charge in [0.1, 0.15) is 17.7 Å². The lowest BCUT2D eigenvalue weighted by atomic mass is 9.98. The van der Waals surface area contributed by atoms with Crippen LogP contribution in [0.4, 0.5) is 4.79 Å². The van der Waals surface area contributed by atoms with E-state index >= 15 is 0 Å². The van der Waals surface area contributed by atoms with Crippen molar-refractivity contribution in [3.05, 3.63) is 83.4 Å². The second kappa shape index (κ2) is 12.9. The maximum atomic E-state index is 13.6. The molecular formula is C28H37N3O5. The van der Waals surface area contributed by atoms with Gasteiger partial charge in [-0.05, 0) is 45.7 Å². The number of rotatable bonds is 10. The van der Waals surface area contributed by atoms with Crippen molar-refractivity contribution in [2.45, 2.75) is 58.8 Å². The van der Waals surface area contributed by atoms with E-state index in [1.807, 2.05) is 62.4 Å². The van der Waals surface area contributed by atoms with E-state index in [1.165, 1.54) is 11.0 Å². The number of hydrogen-bond donors (Lipinski definition) is 3. The Morgan fingerprint density at radius 1 is 1.08 bits per heavy atom. The zero-order valence-corrected chi connectivity index (χ0v) is 21.7. The summed E-state index contributed by atoms with van der Waals surface area (Å²) in [6, 6.07) is 12.8. The summed E-state index contributed by atoms with van der Waals surface area (Å²) in [7, 11) is 0. The summed E-state index contributed by atoms with van der Waals surface area (Å²) in [6.45, 7) is 12.3. The van der Waals surface area contributed by atoms with E-state index in [-0.39, 0.29) is 13.1 Å². The van der Waals surface area contributed by atoms with E-state index in [0.29, 0.717) is 5.56 Å². The van der Waals surface area contributed by atoms with E-state index in [9.17, 15) is 19.5 Å². The third kappa shape index (κ3) is 8.53. The molecule has 8 nitrogen and oxygen atoms in total. The Bertz CT molecular complexity index is 1040. The molecule has 194 valence electrons. The van der Waals surface area contributed by atoms with Crippen molar-refractivity contribution in [1.29, 1.82) is 0 Å². The van der Waals surface area contributed by atoms with Crippen LogP contribution in [0.3, 0.4) is 0 Å². The van der Waals surface area contributed by atoms with Gasteiger partial charge in [0.05, 0.1) is 6.61 Å². The van der Waals surface area contributed by atoms with Gasteiger partial charge in [-0.2, -0.15) is 0 Å². The lowest BCUT2D eigenvalue weighted by Crippen LogP contribution is -2.54. The maximum Gasteiger partial charge on any atom is 0.408 e. The molecule has 0 fully saturated rings. The van der Waals surface area contributed by atoms with Crippen LogP contribution >= 0.6 is 0 Å². The fourth-order valence-electron chi connectivity index (χ4n) is 3.82. The summed E-state index contributed by atoms with van der Waals surface area (Å²) in [6.07, 6.45) is 0.657. The minimum atomic E-state index is -1.31. The number of nitrogens with one attached hydrogen (secondary N) is 2. The number of aliphatic hydroxyl groups is 1. The summed E-state index contributed by atoms with van der Waals surface area (Å²) in [5.41, 5.74) is 2.60. The summed E-state index contributed by atoms with van der Waals surface area (Å²) in [5, 5.41) is 15.3. The average Bonchev–Trinajstić information content (AvgIpc) is 2.79. The van der Waals surface area contributed by atoms with Gasteiger partial charge >= 0.3 is 6.09 Å². The Balaban J connectivity index is 2.41. The van der Waals surface area contributed by atoms with E-state index in [0.717, 1.165) is 16.7 Å². The van der Waals surface area contributed by atoms with Gasteiger partial charge < -0.3 is 25.4 Å². The molecule has 0 bridgehead atoms. The lowest BCUT2D eigenvalue weighted by molar-refractivity contribution is -0.142. The number of carbonyl (C=O) groups is 3. The first-order chi connectivity index (χ1) is 16.9. The van der Waals surface area contributed by atoms with E-state index < -0.39 is 42.2 Å². The zero-order valence-electron chi connectivity index (χ0n) is 21.7. The molecule has 8 heteroatoms. The first-order valence-electron chi connectivity index (χ1n) is 11.9. The monoisotopic (exact) mass is 495 g/mol. The van der Waals surface area contributed by atoms with Crippen LogP contribution in [-0.2, 0) is 20.9 Å². The van der Waals surface area contributed by atoms with E-state index in [4.69, 9.17) is 4.74 Å². The molecule has 0 aromatic heterocycles. The van der Waals surface area contributed by atoms with Gasteiger partial charge in [0.2, 0.25) is 11.8 Å². The second-order valence-electron chi connectivity index (χ2n) is 9.69. The third-order valence-corrected chi connectivity index (χ3v) is 5.21. The van der Waals surface area contributed by atoms with Gasteiger partial charge in [-0.1, -0.05) is 65.7 Å². The molecule has 3 N–H and O–H groups in total. The normalized spacial score (nSPS) is 12.7. The molecule has 3 amide bonds. The van der Waals surface area contributed by atoms with Crippen molar-refractivity contribution in [1.82, 2.24) is 15.5 Å². The zero-order chi connectivity index (χ0) is 26.9. The standard InChI is InChI=1S/C28H37N3O5/c1-7-13-31(26(34)23(18-32)30-27(35)36-28(4,5)6)24(22-15-19(2)14-20(3)16-22)25(33)29-17-21-11-9-8-10-12-21/h7-12,14-16,23-24,32H,1,13,17-18H2,2-6H3,(H,29,33)(H,30,35). The van der Waals surface area contributed by atoms with Crippen LogP contribution in [-0.4, -0.2) is 52.7 Å². The van der Waals surface area contributed by atoms with Crippen molar-refractivity contribution in [2.75, 3.05) is 13.2 Å². The smallest absolute Gasteiger partial charge is 0.408 e. The van der Waals surface area contributed by atoms with Gasteiger partial charge in [0, 0.05) is 13.1 Å². The fraction of sp³-hybridized carbons (Fsp3) is 0.393. The number of alkyl carbamates (subject to hydrolysis) is 1. The average molecular weight is 496 g/mol. The fourth-order valence-corrected chi connectivity index (χ4v) is 3.82. The lowest BCUT2D eigenvalue weighted by Gasteiger charge is -2.33. The van der Waals surface area contributed by atoms with Gasteiger partial charge in [0.25, 0.3) is 0 Å². The highest BCUT2D eigenvalue weighted by molar-refractivity contribution is 5.92. The Morgan fingerprint density at radius 2 is 1.69 bits per heavy atom. The second-order valence-corrected chi connectivity index (χ2v) is 9.69. The first kappa shape index (κ1) is 28.6. The summed E-state index contributed by atoms with van der Waals surface area (Å²) in [5.74, 6) is -1.03. The molecule has 0 aliphatic rings. The first-order valence-corrected chi connectivity index (χ1v) is 11.9. The molecular weight excluding hydrogens is 458 g/mol. The maximum absolute atomic E-state index is 13.6. The SMILES string of the molecule is C=CCN(C(=O)C(CO)NC(=O)OC(C)(C)C)C(C(=O)NCc1ccccc1)c1cc(C)cc(C)c1. The van der Waals surface area contributed by atoms with Gasteiger partial charge in [-0.15, -0.1) is 6.58 Å². The van der Waals surface area contributed by atoms with Gasteiger partial charge in [-0.3, -0.25) is 9.59 Å².